The number of hydrogen-bond donors (Lipinski definition) is 1. The van der Waals surface area contributed by atoms with E-state index in [1.807, 2.05) is 0 Å². The van der Waals surface area contributed by atoms with E-state index in [4.69, 9.17) is 21.1 Å². The first-order valence-electron chi connectivity index (χ1n) is 8.68. The van der Waals surface area contributed by atoms with Crippen LogP contribution >= 0.6 is 22.9 Å². The van der Waals surface area contributed by atoms with Crippen LogP contribution in [-0.2, 0) is 9.53 Å². The normalized spacial score (nSPS) is 11.9. The molecule has 1 N–H and O–H groups in total. The Hall–Kier alpha value is -2.91. The second kappa shape index (κ2) is 8.62. The summed E-state index contributed by atoms with van der Waals surface area (Å²) in [5.41, 5.74) is -0.0811. The van der Waals surface area contributed by atoms with Gasteiger partial charge < -0.3 is 14.8 Å². The predicted octanol–water partition coefficient (Wildman–Crippen LogP) is 3.20. The molecule has 0 bridgehead atoms. The minimum atomic E-state index is -0.790. The van der Waals surface area contributed by atoms with E-state index in [2.05, 4.69) is 10.4 Å². The molecule has 0 saturated carbocycles. The van der Waals surface area contributed by atoms with Crippen LogP contribution in [-0.4, -0.2) is 40.8 Å². The van der Waals surface area contributed by atoms with Gasteiger partial charge in [-0.1, -0.05) is 0 Å². The molecule has 1 atom stereocenters. The lowest BCUT2D eigenvalue weighted by Crippen LogP contribution is -2.26. The van der Waals surface area contributed by atoms with Gasteiger partial charge in [0.25, 0.3) is 5.56 Å². The molecule has 0 aliphatic heterocycles. The second-order valence-corrected chi connectivity index (χ2v) is 7.48. The van der Waals surface area contributed by atoms with Gasteiger partial charge in [-0.2, -0.15) is 9.78 Å². The highest BCUT2D eigenvalue weighted by molar-refractivity contribution is 7.16. The molecule has 0 aliphatic rings. The number of methoxy groups -OCH3 is 1. The van der Waals surface area contributed by atoms with Crippen molar-refractivity contribution in [1.82, 2.24) is 9.78 Å². The lowest BCUT2D eigenvalue weighted by molar-refractivity contribution is -0.115. The number of benzene rings is 1. The maximum absolute atomic E-state index is 13.2. The number of esters is 1. The number of aromatic nitrogens is 2. The van der Waals surface area contributed by atoms with Crippen molar-refractivity contribution in [1.29, 1.82) is 0 Å². The number of halogens is 1. The monoisotopic (exact) mass is 435 g/mol. The Morgan fingerprint density at radius 2 is 2.00 bits per heavy atom. The number of carbonyl (C=O) groups excluding carboxylic acids is 2. The van der Waals surface area contributed by atoms with Crippen LogP contribution in [0.3, 0.4) is 0 Å². The van der Waals surface area contributed by atoms with Crippen LogP contribution in [0.15, 0.2) is 34.4 Å². The van der Waals surface area contributed by atoms with Crippen molar-refractivity contribution in [3.63, 3.8) is 0 Å². The maximum atomic E-state index is 13.2. The number of ether oxygens (including phenoxy) is 2. The van der Waals surface area contributed by atoms with Gasteiger partial charge in [-0.05, 0) is 38.1 Å². The number of carbonyl (C=O) groups is 2. The smallest absolute Gasteiger partial charge is 0.359 e. The van der Waals surface area contributed by atoms with Crippen molar-refractivity contribution in [3.05, 3.63) is 45.7 Å². The highest BCUT2D eigenvalue weighted by Gasteiger charge is 2.23. The van der Waals surface area contributed by atoms with E-state index >= 15 is 0 Å². The lowest BCUT2D eigenvalue weighted by Gasteiger charge is -2.10. The molecule has 0 aliphatic carbocycles. The minimum absolute atomic E-state index is 0.0204. The van der Waals surface area contributed by atoms with Gasteiger partial charge in [-0.15, -0.1) is 22.9 Å². The lowest BCUT2D eigenvalue weighted by atomic mass is 10.2. The Morgan fingerprint density at radius 3 is 2.59 bits per heavy atom. The highest BCUT2D eigenvalue weighted by atomic mass is 35.5. The van der Waals surface area contributed by atoms with Crippen molar-refractivity contribution in [2.24, 2.45) is 0 Å². The summed E-state index contributed by atoms with van der Waals surface area (Å²) in [5.74, 6) is -0.519. The van der Waals surface area contributed by atoms with Gasteiger partial charge in [-0.25, -0.2) is 4.79 Å². The Morgan fingerprint density at radius 1 is 1.31 bits per heavy atom. The molecular formula is C19H18ClN3O5S. The summed E-state index contributed by atoms with van der Waals surface area (Å²) in [7, 11) is 1.53. The Balaban J connectivity index is 2.25. The van der Waals surface area contributed by atoms with E-state index in [0.29, 0.717) is 16.8 Å². The third-order valence-corrected chi connectivity index (χ3v) is 5.13. The molecular weight excluding hydrogens is 418 g/mol. The van der Waals surface area contributed by atoms with Gasteiger partial charge in [0.1, 0.15) is 16.1 Å². The Bertz CT molecular complexity index is 1120. The Kier molecular flexibility index (Phi) is 6.19. The second-order valence-electron chi connectivity index (χ2n) is 5.94. The first-order chi connectivity index (χ1) is 13.9. The van der Waals surface area contributed by atoms with Crippen LogP contribution in [0.25, 0.3) is 16.5 Å². The molecule has 0 spiro atoms. The van der Waals surface area contributed by atoms with Gasteiger partial charge in [0.05, 0.1) is 24.8 Å². The van der Waals surface area contributed by atoms with Crippen molar-refractivity contribution >= 4 is 50.6 Å². The van der Waals surface area contributed by atoms with E-state index < -0.39 is 22.8 Å². The number of nitrogens with one attached hydrogen (secondary N) is 1. The fourth-order valence-corrected chi connectivity index (χ4v) is 3.60. The number of alkyl halides is 1. The van der Waals surface area contributed by atoms with Gasteiger partial charge in [0.2, 0.25) is 5.91 Å². The van der Waals surface area contributed by atoms with Crippen LogP contribution in [0.5, 0.6) is 5.75 Å². The van der Waals surface area contributed by atoms with E-state index in [0.717, 1.165) is 16.0 Å². The molecule has 1 unspecified atom stereocenters. The first kappa shape index (κ1) is 20.8. The molecule has 2 heterocycles. The number of thiophene rings is 1. The fraction of sp³-hybridized carbons (Fsp3) is 0.263. The average Bonchev–Trinajstić information content (AvgIpc) is 3.12. The molecule has 152 valence electrons. The molecule has 1 aromatic carbocycles. The van der Waals surface area contributed by atoms with Crippen LogP contribution in [0.2, 0.25) is 0 Å². The van der Waals surface area contributed by atoms with E-state index in [1.54, 1.807) is 36.6 Å². The average molecular weight is 436 g/mol. The maximum Gasteiger partial charge on any atom is 0.359 e. The van der Waals surface area contributed by atoms with E-state index in [9.17, 15) is 14.4 Å². The van der Waals surface area contributed by atoms with Gasteiger partial charge >= 0.3 is 5.97 Å². The molecule has 0 radical (unpaired) electrons. The third-order valence-electron chi connectivity index (χ3n) is 4.04. The van der Waals surface area contributed by atoms with Crippen LogP contribution < -0.4 is 15.6 Å². The summed E-state index contributed by atoms with van der Waals surface area (Å²) < 4.78 is 11.3. The molecule has 1 amide bonds. The molecule has 0 fully saturated rings. The molecule has 10 heteroatoms. The molecule has 29 heavy (non-hydrogen) atoms. The zero-order valence-electron chi connectivity index (χ0n) is 15.9. The summed E-state index contributed by atoms with van der Waals surface area (Å²) in [5, 5.41) is 8.42. The summed E-state index contributed by atoms with van der Waals surface area (Å²) in [6.07, 6.45) is 0. The van der Waals surface area contributed by atoms with Crippen molar-refractivity contribution in [3.8, 4) is 11.4 Å². The predicted molar refractivity (Wildman–Crippen MR) is 112 cm³/mol. The molecule has 3 aromatic rings. The Labute approximate surface area is 175 Å². The van der Waals surface area contributed by atoms with Crippen LogP contribution in [0.1, 0.15) is 24.3 Å². The zero-order chi connectivity index (χ0) is 21.1. The number of amides is 1. The topological polar surface area (TPSA) is 99.5 Å². The minimum Gasteiger partial charge on any atom is -0.497 e. The van der Waals surface area contributed by atoms with Crippen molar-refractivity contribution in [2.45, 2.75) is 19.2 Å². The van der Waals surface area contributed by atoms with Crippen molar-refractivity contribution < 1.29 is 19.1 Å². The van der Waals surface area contributed by atoms with Crippen LogP contribution in [0.4, 0.5) is 5.00 Å². The SMILES string of the molecule is CCOC(=O)c1nn(-c2ccc(OC)cc2)c(=O)c2c(NC(=O)C(C)Cl)scc12. The van der Waals surface area contributed by atoms with E-state index in [-0.39, 0.29) is 22.7 Å². The first-order valence-corrected chi connectivity index (χ1v) is 10.00. The van der Waals surface area contributed by atoms with E-state index in [1.165, 1.54) is 14.0 Å². The largest absolute Gasteiger partial charge is 0.497 e. The number of nitrogens with zero attached hydrogens (tertiary/aromatic N) is 2. The summed E-state index contributed by atoms with van der Waals surface area (Å²) in [6, 6.07) is 6.62. The number of hydrogen-bond acceptors (Lipinski definition) is 7. The van der Waals surface area contributed by atoms with Crippen molar-refractivity contribution in [2.75, 3.05) is 19.0 Å². The fourth-order valence-electron chi connectivity index (χ4n) is 2.60. The molecule has 0 saturated heterocycles. The van der Waals surface area contributed by atoms with Gasteiger partial charge in [0, 0.05) is 10.8 Å². The summed E-state index contributed by atoms with van der Waals surface area (Å²) >= 11 is 6.94. The quantitative estimate of drug-likeness (QED) is 0.471. The molecule has 8 nitrogen and oxygen atoms in total. The standard InChI is InChI=1S/C19H18ClN3O5S/c1-4-28-19(26)15-13-9-29-17(21-16(24)10(2)20)14(13)18(25)23(22-15)11-5-7-12(27-3)8-6-11/h5-10H,4H2,1-3H3,(H,21,24). The van der Waals surface area contributed by atoms with Gasteiger partial charge in [-0.3, -0.25) is 9.59 Å². The summed E-state index contributed by atoms with van der Waals surface area (Å²) in [6.45, 7) is 3.35. The molecule has 2 aromatic heterocycles. The van der Waals surface area contributed by atoms with Crippen LogP contribution in [0, 0.1) is 0 Å². The zero-order valence-corrected chi connectivity index (χ0v) is 17.5. The number of rotatable bonds is 6. The highest BCUT2D eigenvalue weighted by Crippen LogP contribution is 2.31. The summed E-state index contributed by atoms with van der Waals surface area (Å²) in [4.78, 5) is 37.7. The third kappa shape index (κ3) is 4.10. The number of anilines is 1. The molecule has 3 rings (SSSR count). The van der Waals surface area contributed by atoms with Gasteiger partial charge in [0.15, 0.2) is 5.69 Å². The number of fused-ring (bicyclic) bond motifs is 1.